The Bertz CT molecular complexity index is 2980. The molecule has 0 saturated carbocycles. The Labute approximate surface area is 411 Å². The van der Waals surface area contributed by atoms with Gasteiger partial charge in [-0.25, -0.2) is 0 Å². The number of hydrogen-bond acceptors (Lipinski definition) is 4. The van der Waals surface area contributed by atoms with Crippen molar-refractivity contribution in [3.05, 3.63) is 291 Å². The molecule has 0 spiro atoms. The largest absolute Gasteiger partial charge is 0.356 e. The minimum Gasteiger partial charge on any atom is -0.356 e. The molecule has 2 N–H and O–H groups in total. The summed E-state index contributed by atoms with van der Waals surface area (Å²) in [4.78, 5) is 4.62. The lowest BCUT2D eigenvalue weighted by Crippen LogP contribution is -2.10. The number of nitrogens with zero attached hydrogens (tertiary/aromatic N) is 2. The molecule has 0 saturated heterocycles. The summed E-state index contributed by atoms with van der Waals surface area (Å²) in [5.74, 6) is 0. The van der Waals surface area contributed by atoms with Gasteiger partial charge in [0, 0.05) is 56.9 Å². The Hall–Kier alpha value is -9.38. The van der Waals surface area contributed by atoms with Crippen LogP contribution in [0, 0.1) is 0 Å². The Kier molecular flexibility index (Phi) is 12.5. The molecule has 0 aromatic heterocycles. The third-order valence-electron chi connectivity index (χ3n) is 12.6. The van der Waals surface area contributed by atoms with E-state index in [9.17, 15) is 0 Å². The highest BCUT2D eigenvalue weighted by Crippen LogP contribution is 2.40. The van der Waals surface area contributed by atoms with Gasteiger partial charge in [-0.15, -0.1) is 0 Å². The van der Waals surface area contributed by atoms with E-state index in [-0.39, 0.29) is 0 Å². The quantitative estimate of drug-likeness (QED) is 0.114. The molecule has 0 atom stereocenters. The topological polar surface area (TPSA) is 30.5 Å². The maximum atomic E-state index is 3.62. The molecule has 0 fully saturated rings. The van der Waals surface area contributed by atoms with Crippen LogP contribution >= 0.6 is 0 Å². The van der Waals surface area contributed by atoms with Crippen LogP contribution in [0.25, 0.3) is 44.5 Å². The van der Waals surface area contributed by atoms with E-state index in [1.807, 2.05) is 0 Å². The molecule has 11 aromatic carbocycles. The highest BCUT2D eigenvalue weighted by molar-refractivity contribution is 5.83. The standard InChI is InChI=1S/C66H50N4/c1-5-13-49(14-6-1)53-21-37-61(38-22-53)69(62-39-23-54(24-40-62)50-15-7-2-8-16-50)65-45-33-59(34-46-65)67-57-29-31-58(32-30-57)68-60-35-47-66(48-36-60)70(63-41-25-55(26-42-63)51-17-9-3-10-18-51)64-43-27-56(28-44-64)52-19-11-4-12-20-52/h1-48,67-68H. The summed E-state index contributed by atoms with van der Waals surface area (Å²) >= 11 is 0. The molecule has 4 heteroatoms. The number of benzene rings is 11. The van der Waals surface area contributed by atoms with E-state index >= 15 is 0 Å². The fraction of sp³-hybridized carbons (Fsp3) is 0. The van der Waals surface area contributed by atoms with Gasteiger partial charge in [0.05, 0.1) is 0 Å². The maximum absolute atomic E-state index is 3.62. The van der Waals surface area contributed by atoms with E-state index in [2.05, 4.69) is 312 Å². The summed E-state index contributed by atoms with van der Waals surface area (Å²) in [7, 11) is 0. The lowest BCUT2D eigenvalue weighted by molar-refractivity contribution is 1.28. The van der Waals surface area contributed by atoms with Crippen LogP contribution in [0.1, 0.15) is 0 Å². The van der Waals surface area contributed by atoms with E-state index in [1.165, 1.54) is 44.5 Å². The molecule has 0 aliphatic heterocycles. The number of hydrogen-bond donors (Lipinski definition) is 2. The van der Waals surface area contributed by atoms with Gasteiger partial charge in [0.1, 0.15) is 0 Å². The molecule has 0 unspecified atom stereocenters. The van der Waals surface area contributed by atoms with Crippen molar-refractivity contribution in [1.82, 2.24) is 0 Å². The second-order valence-corrected chi connectivity index (χ2v) is 17.2. The van der Waals surface area contributed by atoms with Crippen molar-refractivity contribution in [2.24, 2.45) is 0 Å². The summed E-state index contributed by atoms with van der Waals surface area (Å²) in [5.41, 5.74) is 20.1. The first kappa shape index (κ1) is 43.2. The van der Waals surface area contributed by atoms with Crippen LogP contribution in [0.3, 0.4) is 0 Å². The number of nitrogens with one attached hydrogen (secondary N) is 2. The molecule has 11 rings (SSSR count). The maximum Gasteiger partial charge on any atom is 0.0463 e. The first-order chi connectivity index (χ1) is 34.7. The van der Waals surface area contributed by atoms with E-state index in [0.29, 0.717) is 0 Å². The fourth-order valence-electron chi connectivity index (χ4n) is 8.99. The summed E-state index contributed by atoms with van der Waals surface area (Å²) in [5, 5.41) is 7.23. The first-order valence-corrected chi connectivity index (χ1v) is 23.7. The summed E-state index contributed by atoms with van der Waals surface area (Å²) < 4.78 is 0. The Morgan fingerprint density at radius 3 is 0.514 bits per heavy atom. The molecule has 0 radical (unpaired) electrons. The molecule has 334 valence electrons. The predicted octanol–water partition coefficient (Wildman–Crippen LogP) is 18.8. The molecular formula is C66H50N4. The van der Waals surface area contributed by atoms with Crippen LogP contribution < -0.4 is 20.4 Å². The molecule has 70 heavy (non-hydrogen) atoms. The third-order valence-corrected chi connectivity index (χ3v) is 12.6. The SMILES string of the molecule is c1ccc(-c2ccc(N(c3ccc(Nc4ccc(Nc5ccc(N(c6ccc(-c7ccccc7)cc6)c6ccc(-c7ccccc7)cc6)cc5)cc4)cc3)c3ccc(-c4ccccc4)cc3)cc2)cc1. The van der Waals surface area contributed by atoms with Gasteiger partial charge in [-0.2, -0.15) is 0 Å². The molecular weight excluding hydrogens is 849 g/mol. The van der Waals surface area contributed by atoms with Gasteiger partial charge < -0.3 is 20.4 Å². The molecule has 0 aliphatic carbocycles. The predicted molar refractivity (Wildman–Crippen MR) is 297 cm³/mol. The molecule has 0 amide bonds. The van der Waals surface area contributed by atoms with Crippen molar-refractivity contribution in [2.45, 2.75) is 0 Å². The van der Waals surface area contributed by atoms with Gasteiger partial charge in [0.15, 0.2) is 0 Å². The zero-order valence-electron chi connectivity index (χ0n) is 38.6. The average Bonchev–Trinajstić information content (AvgIpc) is 3.44. The van der Waals surface area contributed by atoms with Gasteiger partial charge in [-0.3, -0.25) is 0 Å². The number of rotatable bonds is 14. The van der Waals surface area contributed by atoms with Crippen LogP contribution in [0.15, 0.2) is 291 Å². The first-order valence-electron chi connectivity index (χ1n) is 23.7. The number of anilines is 10. The lowest BCUT2D eigenvalue weighted by atomic mass is 10.0. The Morgan fingerprint density at radius 2 is 0.314 bits per heavy atom. The Morgan fingerprint density at radius 1 is 0.157 bits per heavy atom. The van der Waals surface area contributed by atoms with Gasteiger partial charge in [0.2, 0.25) is 0 Å². The van der Waals surface area contributed by atoms with Gasteiger partial charge in [-0.1, -0.05) is 170 Å². The van der Waals surface area contributed by atoms with E-state index in [0.717, 1.165) is 56.9 Å². The molecule has 0 aliphatic rings. The van der Waals surface area contributed by atoms with Crippen LogP contribution in [-0.4, -0.2) is 0 Å². The molecule has 4 nitrogen and oxygen atoms in total. The highest BCUT2D eigenvalue weighted by atomic mass is 15.1. The monoisotopic (exact) mass is 898 g/mol. The smallest absolute Gasteiger partial charge is 0.0463 e. The molecule has 11 aromatic rings. The molecule has 0 heterocycles. The summed E-state index contributed by atoms with van der Waals surface area (Å²) in [6, 6.07) is 103. The zero-order valence-corrected chi connectivity index (χ0v) is 38.6. The van der Waals surface area contributed by atoms with Crippen molar-refractivity contribution in [1.29, 1.82) is 0 Å². The minimum absolute atomic E-state index is 1.01. The fourth-order valence-corrected chi connectivity index (χ4v) is 8.99. The summed E-state index contributed by atoms with van der Waals surface area (Å²) in [6.07, 6.45) is 0. The minimum atomic E-state index is 1.01. The lowest BCUT2D eigenvalue weighted by Gasteiger charge is -2.26. The summed E-state index contributed by atoms with van der Waals surface area (Å²) in [6.45, 7) is 0. The molecule has 0 bridgehead atoms. The van der Waals surface area contributed by atoms with Crippen LogP contribution in [-0.2, 0) is 0 Å². The van der Waals surface area contributed by atoms with Crippen molar-refractivity contribution in [3.63, 3.8) is 0 Å². The highest BCUT2D eigenvalue weighted by Gasteiger charge is 2.16. The van der Waals surface area contributed by atoms with Gasteiger partial charge in [0.25, 0.3) is 0 Å². The van der Waals surface area contributed by atoms with Crippen LogP contribution in [0.5, 0.6) is 0 Å². The van der Waals surface area contributed by atoms with Crippen LogP contribution in [0.2, 0.25) is 0 Å². The van der Waals surface area contributed by atoms with E-state index in [1.54, 1.807) is 0 Å². The van der Waals surface area contributed by atoms with Crippen LogP contribution in [0.4, 0.5) is 56.9 Å². The van der Waals surface area contributed by atoms with Crippen molar-refractivity contribution < 1.29 is 0 Å². The normalized spacial score (nSPS) is 10.9. The van der Waals surface area contributed by atoms with Crippen molar-refractivity contribution in [3.8, 4) is 44.5 Å². The van der Waals surface area contributed by atoms with Gasteiger partial charge >= 0.3 is 0 Å². The second kappa shape index (κ2) is 20.2. The second-order valence-electron chi connectivity index (χ2n) is 17.2. The van der Waals surface area contributed by atoms with Crippen molar-refractivity contribution in [2.75, 3.05) is 20.4 Å². The van der Waals surface area contributed by atoms with Crippen molar-refractivity contribution >= 4 is 56.9 Å². The van der Waals surface area contributed by atoms with E-state index < -0.39 is 0 Å². The zero-order chi connectivity index (χ0) is 46.9. The Balaban J connectivity index is 0.792. The van der Waals surface area contributed by atoms with E-state index in [4.69, 9.17) is 0 Å². The van der Waals surface area contributed by atoms with Gasteiger partial charge in [-0.05, 0) is 166 Å². The average molecular weight is 899 g/mol. The third kappa shape index (κ3) is 9.84.